The molecule has 35 heavy (non-hydrogen) atoms. The van der Waals surface area contributed by atoms with E-state index in [1.54, 1.807) is 12.1 Å². The minimum Gasteiger partial charge on any atom is -0.493 e. The predicted molar refractivity (Wildman–Crippen MR) is 136 cm³/mol. The summed E-state index contributed by atoms with van der Waals surface area (Å²) in [5.74, 6) is 1.41. The third kappa shape index (κ3) is 6.80. The minimum atomic E-state index is -0.891. The molecule has 0 aliphatic carbocycles. The van der Waals surface area contributed by atoms with Crippen LogP contribution in [0.25, 0.3) is 11.5 Å². The second kappa shape index (κ2) is 12.0. The van der Waals surface area contributed by atoms with Gasteiger partial charge in [0.15, 0.2) is 0 Å². The number of aryl methyl sites for hydroxylation is 2. The van der Waals surface area contributed by atoms with Crippen LogP contribution in [0.4, 0.5) is 0 Å². The van der Waals surface area contributed by atoms with E-state index in [4.69, 9.17) is 9.15 Å². The van der Waals surface area contributed by atoms with Gasteiger partial charge < -0.3 is 19.6 Å². The van der Waals surface area contributed by atoms with Crippen LogP contribution in [0.3, 0.4) is 0 Å². The summed E-state index contributed by atoms with van der Waals surface area (Å²) in [5.41, 5.74) is 4.28. The standard InChI is InChI=1S/C29H30N2O4/c1-21-27(31-28(35-21)23-9-3-2-4-10-23)17-19-34-25-15-13-22(14-16-25)8-7-18-30-20-24-11-5-6-12-26(24)29(32)33/h2-6,9-16,30H,7-8,17-20H2,1H3,(H,32,33). The van der Waals surface area contributed by atoms with Crippen molar-refractivity contribution in [2.45, 2.75) is 32.7 Å². The van der Waals surface area contributed by atoms with Gasteiger partial charge in [0, 0.05) is 18.5 Å². The molecule has 0 amide bonds. The van der Waals surface area contributed by atoms with E-state index in [0.29, 0.717) is 31.0 Å². The predicted octanol–water partition coefficient (Wildman–Crippen LogP) is 5.69. The fourth-order valence-corrected chi connectivity index (χ4v) is 3.91. The van der Waals surface area contributed by atoms with Gasteiger partial charge in [0.25, 0.3) is 0 Å². The zero-order valence-electron chi connectivity index (χ0n) is 19.9. The Morgan fingerprint density at radius 1 is 0.971 bits per heavy atom. The van der Waals surface area contributed by atoms with Gasteiger partial charge in [-0.3, -0.25) is 0 Å². The van der Waals surface area contributed by atoms with Crippen LogP contribution in [0, 0.1) is 6.92 Å². The van der Waals surface area contributed by atoms with Gasteiger partial charge in [-0.1, -0.05) is 48.5 Å². The van der Waals surface area contributed by atoms with Crippen LogP contribution in [0.15, 0.2) is 83.3 Å². The number of rotatable bonds is 12. The van der Waals surface area contributed by atoms with Crippen LogP contribution in [0.5, 0.6) is 5.75 Å². The van der Waals surface area contributed by atoms with Crippen molar-refractivity contribution < 1.29 is 19.1 Å². The van der Waals surface area contributed by atoms with Gasteiger partial charge in [-0.15, -0.1) is 0 Å². The first-order valence-corrected chi connectivity index (χ1v) is 11.9. The average molecular weight is 471 g/mol. The topological polar surface area (TPSA) is 84.6 Å². The Morgan fingerprint density at radius 3 is 2.49 bits per heavy atom. The minimum absolute atomic E-state index is 0.353. The Bertz CT molecular complexity index is 1230. The maximum Gasteiger partial charge on any atom is 0.336 e. The van der Waals surface area contributed by atoms with E-state index >= 15 is 0 Å². The summed E-state index contributed by atoms with van der Waals surface area (Å²) in [4.78, 5) is 15.9. The molecule has 1 heterocycles. The summed E-state index contributed by atoms with van der Waals surface area (Å²) in [5, 5.41) is 12.6. The molecule has 6 nitrogen and oxygen atoms in total. The lowest BCUT2D eigenvalue weighted by Gasteiger charge is -2.09. The molecule has 0 unspecified atom stereocenters. The molecule has 0 radical (unpaired) electrons. The second-order valence-corrected chi connectivity index (χ2v) is 8.37. The van der Waals surface area contributed by atoms with Crippen LogP contribution in [0.1, 0.15) is 39.4 Å². The first-order valence-electron chi connectivity index (χ1n) is 11.9. The zero-order valence-corrected chi connectivity index (χ0v) is 19.9. The molecular formula is C29H30N2O4. The normalized spacial score (nSPS) is 10.9. The van der Waals surface area contributed by atoms with Crippen LogP contribution in [-0.2, 0) is 19.4 Å². The van der Waals surface area contributed by atoms with Crippen molar-refractivity contribution in [2.75, 3.05) is 13.2 Å². The van der Waals surface area contributed by atoms with Crippen molar-refractivity contribution in [3.63, 3.8) is 0 Å². The number of nitrogens with one attached hydrogen (secondary N) is 1. The SMILES string of the molecule is Cc1oc(-c2ccccc2)nc1CCOc1ccc(CCCNCc2ccccc2C(=O)O)cc1. The largest absolute Gasteiger partial charge is 0.493 e. The summed E-state index contributed by atoms with van der Waals surface area (Å²) in [6.45, 7) is 3.83. The number of carbonyl (C=O) groups is 1. The molecule has 3 aromatic carbocycles. The molecular weight excluding hydrogens is 440 g/mol. The molecule has 0 aliphatic heterocycles. The average Bonchev–Trinajstić information content (AvgIpc) is 3.26. The van der Waals surface area contributed by atoms with E-state index < -0.39 is 5.97 Å². The Balaban J connectivity index is 1.17. The summed E-state index contributed by atoms with van der Waals surface area (Å²) >= 11 is 0. The van der Waals surface area contributed by atoms with Gasteiger partial charge in [0.05, 0.1) is 17.9 Å². The van der Waals surface area contributed by atoms with E-state index in [1.165, 1.54) is 5.56 Å². The van der Waals surface area contributed by atoms with Gasteiger partial charge in [-0.2, -0.15) is 0 Å². The van der Waals surface area contributed by atoms with Gasteiger partial charge >= 0.3 is 5.97 Å². The highest BCUT2D eigenvalue weighted by atomic mass is 16.5. The number of ether oxygens (including phenoxy) is 1. The molecule has 0 fully saturated rings. The molecule has 6 heteroatoms. The number of hydrogen-bond donors (Lipinski definition) is 2. The van der Waals surface area contributed by atoms with E-state index in [2.05, 4.69) is 22.4 Å². The molecule has 2 N–H and O–H groups in total. The Morgan fingerprint density at radius 2 is 1.71 bits per heavy atom. The number of oxazole rings is 1. The molecule has 0 bridgehead atoms. The van der Waals surface area contributed by atoms with Gasteiger partial charge in [0.2, 0.25) is 5.89 Å². The number of hydrogen-bond acceptors (Lipinski definition) is 5. The number of carboxylic acid groups (broad SMARTS) is 1. The van der Waals surface area contributed by atoms with E-state index in [-0.39, 0.29) is 0 Å². The third-order valence-electron chi connectivity index (χ3n) is 5.83. The van der Waals surface area contributed by atoms with Crippen LogP contribution < -0.4 is 10.1 Å². The van der Waals surface area contributed by atoms with Crippen molar-refractivity contribution in [3.05, 3.63) is 107 Å². The highest BCUT2D eigenvalue weighted by molar-refractivity contribution is 5.89. The van der Waals surface area contributed by atoms with Gasteiger partial charge in [0.1, 0.15) is 11.5 Å². The van der Waals surface area contributed by atoms with Crippen molar-refractivity contribution in [1.82, 2.24) is 10.3 Å². The Labute approximate surface area is 205 Å². The first-order chi connectivity index (χ1) is 17.1. The lowest BCUT2D eigenvalue weighted by atomic mass is 10.1. The van der Waals surface area contributed by atoms with E-state index in [1.807, 2.05) is 61.5 Å². The van der Waals surface area contributed by atoms with E-state index in [0.717, 1.165) is 47.7 Å². The summed E-state index contributed by atoms with van der Waals surface area (Å²) in [7, 11) is 0. The molecule has 0 saturated heterocycles. The Hall–Kier alpha value is -3.90. The maximum absolute atomic E-state index is 11.3. The molecule has 0 atom stereocenters. The molecule has 1 aromatic heterocycles. The molecule has 0 spiro atoms. The lowest BCUT2D eigenvalue weighted by Crippen LogP contribution is -2.17. The third-order valence-corrected chi connectivity index (χ3v) is 5.83. The molecule has 0 saturated carbocycles. The van der Waals surface area contributed by atoms with Crippen molar-refractivity contribution >= 4 is 5.97 Å². The van der Waals surface area contributed by atoms with Gasteiger partial charge in [-0.05, 0) is 67.8 Å². The number of aromatic carboxylic acids is 1. The Kier molecular flexibility index (Phi) is 8.30. The summed E-state index contributed by atoms with van der Waals surface area (Å²) in [6.07, 6.45) is 2.58. The smallest absolute Gasteiger partial charge is 0.336 e. The number of aromatic nitrogens is 1. The van der Waals surface area contributed by atoms with Crippen molar-refractivity contribution in [1.29, 1.82) is 0 Å². The van der Waals surface area contributed by atoms with Crippen LogP contribution in [0.2, 0.25) is 0 Å². The fraction of sp³-hybridized carbons (Fsp3) is 0.241. The zero-order chi connectivity index (χ0) is 24.5. The monoisotopic (exact) mass is 470 g/mol. The lowest BCUT2D eigenvalue weighted by molar-refractivity contribution is 0.0695. The van der Waals surface area contributed by atoms with Crippen LogP contribution in [-0.4, -0.2) is 29.2 Å². The molecule has 0 aliphatic rings. The molecule has 4 aromatic rings. The number of benzene rings is 3. The maximum atomic E-state index is 11.3. The second-order valence-electron chi connectivity index (χ2n) is 8.37. The quantitative estimate of drug-likeness (QED) is 0.259. The van der Waals surface area contributed by atoms with Crippen molar-refractivity contribution in [2.24, 2.45) is 0 Å². The van der Waals surface area contributed by atoms with Crippen molar-refractivity contribution in [3.8, 4) is 17.2 Å². The van der Waals surface area contributed by atoms with E-state index in [9.17, 15) is 9.90 Å². The van der Waals surface area contributed by atoms with Gasteiger partial charge in [-0.25, -0.2) is 9.78 Å². The highest BCUT2D eigenvalue weighted by Gasteiger charge is 2.11. The molecule has 4 rings (SSSR count). The highest BCUT2D eigenvalue weighted by Crippen LogP contribution is 2.22. The summed E-state index contributed by atoms with van der Waals surface area (Å²) < 4.78 is 11.7. The summed E-state index contributed by atoms with van der Waals surface area (Å²) in [6, 6.07) is 25.2. The number of nitrogens with zero attached hydrogens (tertiary/aromatic N) is 1. The fourth-order valence-electron chi connectivity index (χ4n) is 3.91. The molecule has 180 valence electrons. The van der Waals surface area contributed by atoms with Crippen LogP contribution >= 0.6 is 0 Å². The first kappa shape index (κ1) is 24.2. The number of carboxylic acids is 1.